The van der Waals surface area contributed by atoms with Gasteiger partial charge < -0.3 is 10.6 Å². The van der Waals surface area contributed by atoms with Crippen LogP contribution in [0.2, 0.25) is 0 Å². The summed E-state index contributed by atoms with van der Waals surface area (Å²) in [7, 11) is 2.04. The fraction of sp³-hybridized carbons (Fsp3) is 0.308. The summed E-state index contributed by atoms with van der Waals surface area (Å²) in [5.74, 6) is 0.954. The van der Waals surface area contributed by atoms with Crippen molar-refractivity contribution in [2.45, 2.75) is 19.5 Å². The molecule has 0 saturated heterocycles. The van der Waals surface area contributed by atoms with Crippen molar-refractivity contribution in [1.82, 2.24) is 4.98 Å². The molecule has 0 unspecified atom stereocenters. The van der Waals surface area contributed by atoms with Crippen molar-refractivity contribution in [3.05, 3.63) is 44.7 Å². The van der Waals surface area contributed by atoms with Gasteiger partial charge in [-0.15, -0.1) is 11.3 Å². The van der Waals surface area contributed by atoms with Gasteiger partial charge in [-0.1, -0.05) is 6.07 Å². The van der Waals surface area contributed by atoms with Gasteiger partial charge in [0.25, 0.3) is 0 Å². The third-order valence-electron chi connectivity index (χ3n) is 2.71. The highest BCUT2D eigenvalue weighted by Gasteiger charge is 2.12. The van der Waals surface area contributed by atoms with E-state index < -0.39 is 0 Å². The molecule has 2 heterocycles. The Morgan fingerprint density at radius 1 is 1.56 bits per heavy atom. The number of pyridine rings is 1. The van der Waals surface area contributed by atoms with Crippen LogP contribution in [0, 0.1) is 0 Å². The van der Waals surface area contributed by atoms with E-state index in [-0.39, 0.29) is 6.04 Å². The molecule has 0 radical (unpaired) electrons. The average Bonchev–Trinajstić information content (AvgIpc) is 2.74. The van der Waals surface area contributed by atoms with E-state index in [9.17, 15) is 0 Å². The van der Waals surface area contributed by atoms with Gasteiger partial charge in [0, 0.05) is 31.4 Å². The second-order valence-electron chi connectivity index (χ2n) is 4.32. The van der Waals surface area contributed by atoms with Gasteiger partial charge >= 0.3 is 0 Å². The Labute approximate surface area is 120 Å². The number of halogens is 1. The Hall–Kier alpha value is -0.910. The van der Waals surface area contributed by atoms with Crippen LogP contribution >= 0.6 is 27.3 Å². The Kier molecular flexibility index (Phi) is 4.37. The van der Waals surface area contributed by atoms with Crippen LogP contribution in [-0.2, 0) is 6.54 Å². The van der Waals surface area contributed by atoms with Gasteiger partial charge in [-0.05, 0) is 45.9 Å². The molecular weight excluding hydrogens is 310 g/mol. The van der Waals surface area contributed by atoms with Crippen LogP contribution in [0.5, 0.6) is 0 Å². The van der Waals surface area contributed by atoms with E-state index in [1.54, 1.807) is 17.5 Å². The Morgan fingerprint density at radius 3 is 2.94 bits per heavy atom. The van der Waals surface area contributed by atoms with Crippen molar-refractivity contribution in [2.24, 2.45) is 5.73 Å². The zero-order valence-electron chi connectivity index (χ0n) is 10.4. The molecule has 2 rings (SSSR count). The number of aromatic nitrogens is 1. The van der Waals surface area contributed by atoms with Crippen LogP contribution in [0.15, 0.2) is 33.6 Å². The Morgan fingerprint density at radius 2 is 2.33 bits per heavy atom. The number of hydrogen-bond donors (Lipinski definition) is 1. The highest BCUT2D eigenvalue weighted by Crippen LogP contribution is 2.25. The molecule has 0 amide bonds. The first kappa shape index (κ1) is 13.5. The molecule has 2 aromatic rings. The minimum atomic E-state index is -0.00893. The SMILES string of the molecule is C[C@@H](N)c1cccnc1N(C)Cc1csc(Br)c1. The molecule has 0 aliphatic rings. The summed E-state index contributed by atoms with van der Waals surface area (Å²) < 4.78 is 1.15. The summed E-state index contributed by atoms with van der Waals surface area (Å²) in [4.78, 5) is 6.57. The van der Waals surface area contributed by atoms with Crippen LogP contribution in [0.4, 0.5) is 5.82 Å². The lowest BCUT2D eigenvalue weighted by Crippen LogP contribution is -2.21. The topological polar surface area (TPSA) is 42.1 Å². The number of nitrogens with two attached hydrogens (primary N) is 1. The summed E-state index contributed by atoms with van der Waals surface area (Å²) >= 11 is 5.18. The number of thiophene rings is 1. The third-order valence-corrected chi connectivity index (χ3v) is 4.26. The van der Waals surface area contributed by atoms with Gasteiger partial charge in [-0.2, -0.15) is 0 Å². The minimum Gasteiger partial charge on any atom is -0.355 e. The molecule has 0 spiro atoms. The summed E-state index contributed by atoms with van der Waals surface area (Å²) in [5, 5.41) is 2.15. The zero-order chi connectivity index (χ0) is 13.1. The van der Waals surface area contributed by atoms with Crippen molar-refractivity contribution in [2.75, 3.05) is 11.9 Å². The molecule has 0 fully saturated rings. The van der Waals surface area contributed by atoms with Crippen LogP contribution in [-0.4, -0.2) is 12.0 Å². The van der Waals surface area contributed by atoms with Gasteiger partial charge in [0.05, 0.1) is 3.79 Å². The molecule has 0 aliphatic heterocycles. The van der Waals surface area contributed by atoms with Gasteiger partial charge in [0.2, 0.25) is 0 Å². The number of rotatable bonds is 4. The Bertz CT molecular complexity index is 524. The Balaban J connectivity index is 2.20. The molecular formula is C13H16BrN3S. The minimum absolute atomic E-state index is 0.00893. The van der Waals surface area contributed by atoms with Crippen molar-refractivity contribution in [1.29, 1.82) is 0 Å². The molecule has 0 saturated carbocycles. The summed E-state index contributed by atoms with van der Waals surface area (Å²) in [6, 6.07) is 6.09. The molecule has 2 N–H and O–H groups in total. The second-order valence-corrected chi connectivity index (χ2v) is 6.61. The standard InChI is InChI=1S/C13H16BrN3S/c1-9(15)11-4-3-5-16-13(11)17(2)7-10-6-12(14)18-8-10/h3-6,8-9H,7,15H2,1-2H3/t9-/m1/s1. The predicted molar refractivity (Wildman–Crippen MR) is 81.0 cm³/mol. The first-order valence-electron chi connectivity index (χ1n) is 5.72. The lowest BCUT2D eigenvalue weighted by Gasteiger charge is -2.22. The van der Waals surface area contributed by atoms with E-state index in [1.807, 2.05) is 26.1 Å². The molecule has 2 aromatic heterocycles. The number of nitrogens with zero attached hydrogens (tertiary/aromatic N) is 2. The highest BCUT2D eigenvalue weighted by atomic mass is 79.9. The molecule has 0 bridgehead atoms. The normalized spacial score (nSPS) is 12.4. The quantitative estimate of drug-likeness (QED) is 0.934. The van der Waals surface area contributed by atoms with Gasteiger partial charge in [-0.3, -0.25) is 0 Å². The molecule has 96 valence electrons. The largest absolute Gasteiger partial charge is 0.355 e. The first-order valence-corrected chi connectivity index (χ1v) is 7.39. The van der Waals surface area contributed by atoms with E-state index in [0.29, 0.717) is 0 Å². The lowest BCUT2D eigenvalue weighted by atomic mass is 10.1. The fourth-order valence-corrected chi connectivity index (χ4v) is 3.06. The van der Waals surface area contributed by atoms with Crippen molar-refractivity contribution in [3.8, 4) is 0 Å². The molecule has 3 nitrogen and oxygen atoms in total. The maximum absolute atomic E-state index is 5.98. The van der Waals surface area contributed by atoms with E-state index in [4.69, 9.17) is 5.73 Å². The van der Waals surface area contributed by atoms with Crippen molar-refractivity contribution >= 4 is 33.1 Å². The smallest absolute Gasteiger partial charge is 0.133 e. The molecule has 18 heavy (non-hydrogen) atoms. The van der Waals surface area contributed by atoms with Crippen LogP contribution < -0.4 is 10.6 Å². The van der Waals surface area contributed by atoms with E-state index in [2.05, 4.69) is 37.3 Å². The summed E-state index contributed by atoms with van der Waals surface area (Å²) in [5.41, 5.74) is 8.33. The first-order chi connectivity index (χ1) is 8.58. The predicted octanol–water partition coefficient (Wildman–Crippen LogP) is 3.56. The van der Waals surface area contributed by atoms with Crippen molar-refractivity contribution < 1.29 is 0 Å². The van der Waals surface area contributed by atoms with Gasteiger partial charge in [0.1, 0.15) is 5.82 Å². The van der Waals surface area contributed by atoms with E-state index >= 15 is 0 Å². The number of hydrogen-bond acceptors (Lipinski definition) is 4. The average molecular weight is 326 g/mol. The second kappa shape index (κ2) is 5.82. The van der Waals surface area contributed by atoms with Crippen LogP contribution in [0.25, 0.3) is 0 Å². The maximum Gasteiger partial charge on any atom is 0.133 e. The fourth-order valence-electron chi connectivity index (χ4n) is 1.86. The summed E-state index contributed by atoms with van der Waals surface area (Å²) in [6.45, 7) is 2.81. The third kappa shape index (κ3) is 3.10. The van der Waals surface area contributed by atoms with E-state index in [1.165, 1.54) is 5.56 Å². The molecule has 1 atom stereocenters. The number of anilines is 1. The van der Waals surface area contributed by atoms with Gasteiger partial charge in [0.15, 0.2) is 0 Å². The van der Waals surface area contributed by atoms with Crippen LogP contribution in [0.3, 0.4) is 0 Å². The van der Waals surface area contributed by atoms with Crippen molar-refractivity contribution in [3.63, 3.8) is 0 Å². The zero-order valence-corrected chi connectivity index (χ0v) is 12.8. The molecule has 5 heteroatoms. The monoisotopic (exact) mass is 325 g/mol. The van der Waals surface area contributed by atoms with Crippen LogP contribution in [0.1, 0.15) is 24.1 Å². The molecule has 0 aliphatic carbocycles. The lowest BCUT2D eigenvalue weighted by molar-refractivity contribution is 0.789. The van der Waals surface area contributed by atoms with E-state index in [0.717, 1.165) is 21.7 Å². The molecule has 0 aromatic carbocycles. The van der Waals surface area contributed by atoms with Gasteiger partial charge in [-0.25, -0.2) is 4.98 Å². The maximum atomic E-state index is 5.98. The summed E-state index contributed by atoms with van der Waals surface area (Å²) in [6.07, 6.45) is 1.81. The highest BCUT2D eigenvalue weighted by molar-refractivity contribution is 9.11.